The molecular weight excluding hydrogens is 455 g/mol. The molecule has 0 bridgehead atoms. The Morgan fingerprint density at radius 1 is 1.22 bits per heavy atom. The second-order valence-corrected chi connectivity index (χ2v) is 7.02. The highest BCUT2D eigenvalue weighted by atomic mass is 127. The van der Waals surface area contributed by atoms with Crippen molar-refractivity contribution in [3.63, 3.8) is 0 Å². The van der Waals surface area contributed by atoms with Gasteiger partial charge >= 0.3 is 0 Å². The van der Waals surface area contributed by atoms with Gasteiger partial charge in [-0.05, 0) is 30.5 Å². The third kappa shape index (κ3) is 7.94. The number of rotatable bonds is 6. The standard InChI is InChI=1S/C20H32N4O2.HI/c1-5-21-20(24-11-9-23(10-12-24)17(4)25)22-14-18-7-6-8-19(13-18)26-15-16(2)3;/h6-8,13,16H,5,9-12,14-15H2,1-4H3,(H,21,22);1H. The smallest absolute Gasteiger partial charge is 0.219 e. The summed E-state index contributed by atoms with van der Waals surface area (Å²) in [5, 5.41) is 3.36. The zero-order chi connectivity index (χ0) is 18.9. The molecule has 0 aliphatic carbocycles. The minimum Gasteiger partial charge on any atom is -0.493 e. The summed E-state index contributed by atoms with van der Waals surface area (Å²) in [6.07, 6.45) is 0. The molecule has 6 nitrogen and oxygen atoms in total. The molecule has 0 unspecified atom stereocenters. The summed E-state index contributed by atoms with van der Waals surface area (Å²) < 4.78 is 5.80. The molecule has 2 rings (SSSR count). The van der Waals surface area contributed by atoms with Gasteiger partial charge in [0, 0.05) is 39.6 Å². The third-order valence-electron chi connectivity index (χ3n) is 4.25. The molecule has 0 spiro atoms. The van der Waals surface area contributed by atoms with E-state index in [-0.39, 0.29) is 29.9 Å². The first-order valence-corrected chi connectivity index (χ1v) is 9.50. The largest absolute Gasteiger partial charge is 0.493 e. The number of hydrogen-bond acceptors (Lipinski definition) is 3. The van der Waals surface area contributed by atoms with Crippen LogP contribution >= 0.6 is 24.0 Å². The van der Waals surface area contributed by atoms with Crippen LogP contribution in [0.4, 0.5) is 0 Å². The molecule has 27 heavy (non-hydrogen) atoms. The number of aliphatic imine (C=N–C) groups is 1. The van der Waals surface area contributed by atoms with Crippen molar-refractivity contribution in [3.8, 4) is 5.75 Å². The molecule has 7 heteroatoms. The Bertz CT molecular complexity index is 614. The number of nitrogens with zero attached hydrogens (tertiary/aromatic N) is 3. The van der Waals surface area contributed by atoms with E-state index in [9.17, 15) is 4.79 Å². The summed E-state index contributed by atoms with van der Waals surface area (Å²) in [4.78, 5) is 20.4. The Morgan fingerprint density at radius 2 is 1.89 bits per heavy atom. The van der Waals surface area contributed by atoms with Crippen molar-refractivity contribution in [3.05, 3.63) is 29.8 Å². The second-order valence-electron chi connectivity index (χ2n) is 7.02. The predicted octanol–water partition coefficient (Wildman–Crippen LogP) is 2.97. The SMILES string of the molecule is CCNC(=NCc1cccc(OCC(C)C)c1)N1CCN(C(C)=O)CC1.I. The van der Waals surface area contributed by atoms with Crippen LogP contribution in [-0.4, -0.2) is 61.0 Å². The highest BCUT2D eigenvalue weighted by Gasteiger charge is 2.20. The molecule has 1 aromatic rings. The van der Waals surface area contributed by atoms with Crippen LogP contribution in [0.1, 0.15) is 33.3 Å². The molecule has 0 radical (unpaired) electrons. The van der Waals surface area contributed by atoms with E-state index in [4.69, 9.17) is 9.73 Å². The van der Waals surface area contributed by atoms with Crippen LogP contribution in [0.5, 0.6) is 5.75 Å². The summed E-state index contributed by atoms with van der Waals surface area (Å²) in [6.45, 7) is 13.2. The average molecular weight is 488 g/mol. The summed E-state index contributed by atoms with van der Waals surface area (Å²) in [5.74, 6) is 2.45. The van der Waals surface area contributed by atoms with Gasteiger partial charge in [0.25, 0.3) is 0 Å². The molecule has 152 valence electrons. The van der Waals surface area contributed by atoms with Crippen LogP contribution in [0.15, 0.2) is 29.3 Å². The van der Waals surface area contributed by atoms with Gasteiger partial charge < -0.3 is 19.9 Å². The molecule has 1 aromatic carbocycles. The Labute approximate surface area is 180 Å². The molecule has 1 aliphatic heterocycles. The Morgan fingerprint density at radius 3 is 2.48 bits per heavy atom. The molecule has 0 atom stereocenters. The van der Waals surface area contributed by atoms with E-state index in [1.54, 1.807) is 6.92 Å². The molecule has 1 heterocycles. The molecule has 0 aromatic heterocycles. The van der Waals surface area contributed by atoms with Gasteiger partial charge in [-0.3, -0.25) is 4.79 Å². The van der Waals surface area contributed by atoms with E-state index in [2.05, 4.69) is 43.1 Å². The minimum atomic E-state index is 0. The van der Waals surface area contributed by atoms with Gasteiger partial charge in [-0.15, -0.1) is 24.0 Å². The van der Waals surface area contributed by atoms with Gasteiger partial charge in [0.15, 0.2) is 5.96 Å². The number of ether oxygens (including phenoxy) is 1. The Kier molecular flexibility index (Phi) is 10.5. The van der Waals surface area contributed by atoms with Crippen molar-refractivity contribution in [2.75, 3.05) is 39.3 Å². The normalized spacial score (nSPS) is 14.8. The highest BCUT2D eigenvalue weighted by molar-refractivity contribution is 14.0. The van der Waals surface area contributed by atoms with Gasteiger partial charge in [0.1, 0.15) is 5.75 Å². The molecule has 1 aliphatic rings. The summed E-state index contributed by atoms with van der Waals surface area (Å²) in [6, 6.07) is 8.13. The fourth-order valence-corrected chi connectivity index (χ4v) is 2.82. The number of carbonyl (C=O) groups excluding carboxylic acids is 1. The van der Waals surface area contributed by atoms with Crippen molar-refractivity contribution in [2.45, 2.75) is 34.2 Å². The second kappa shape index (κ2) is 12.0. The first kappa shape index (κ1) is 23.5. The Balaban J connectivity index is 0.00000364. The first-order valence-electron chi connectivity index (χ1n) is 9.50. The fourth-order valence-electron chi connectivity index (χ4n) is 2.82. The van der Waals surface area contributed by atoms with Crippen LogP contribution in [0, 0.1) is 5.92 Å². The fraction of sp³-hybridized carbons (Fsp3) is 0.600. The summed E-state index contributed by atoms with van der Waals surface area (Å²) >= 11 is 0. The predicted molar refractivity (Wildman–Crippen MR) is 121 cm³/mol. The maximum Gasteiger partial charge on any atom is 0.219 e. The van der Waals surface area contributed by atoms with E-state index < -0.39 is 0 Å². The van der Waals surface area contributed by atoms with Crippen molar-refractivity contribution in [2.24, 2.45) is 10.9 Å². The third-order valence-corrected chi connectivity index (χ3v) is 4.25. The number of piperazine rings is 1. The van der Waals surface area contributed by atoms with E-state index in [0.29, 0.717) is 12.5 Å². The molecular formula is C20H33IN4O2. The van der Waals surface area contributed by atoms with Gasteiger partial charge in [0.05, 0.1) is 13.2 Å². The van der Waals surface area contributed by atoms with Crippen LogP contribution in [-0.2, 0) is 11.3 Å². The van der Waals surface area contributed by atoms with E-state index >= 15 is 0 Å². The van der Waals surface area contributed by atoms with Crippen molar-refractivity contribution in [1.29, 1.82) is 0 Å². The van der Waals surface area contributed by atoms with E-state index in [1.165, 1.54) is 0 Å². The highest BCUT2D eigenvalue weighted by Crippen LogP contribution is 2.15. The lowest BCUT2D eigenvalue weighted by molar-refractivity contribution is -0.130. The van der Waals surface area contributed by atoms with Crippen LogP contribution in [0.25, 0.3) is 0 Å². The monoisotopic (exact) mass is 488 g/mol. The number of halogens is 1. The molecule has 1 amide bonds. The van der Waals surface area contributed by atoms with Crippen LogP contribution in [0.2, 0.25) is 0 Å². The molecule has 0 saturated carbocycles. The molecule has 1 saturated heterocycles. The average Bonchev–Trinajstić information content (AvgIpc) is 2.64. The van der Waals surface area contributed by atoms with Crippen molar-refractivity contribution < 1.29 is 9.53 Å². The number of hydrogen-bond donors (Lipinski definition) is 1. The van der Waals surface area contributed by atoms with E-state index in [1.807, 2.05) is 17.0 Å². The number of benzene rings is 1. The zero-order valence-electron chi connectivity index (χ0n) is 16.9. The van der Waals surface area contributed by atoms with Crippen LogP contribution < -0.4 is 10.1 Å². The Hall–Kier alpha value is -1.51. The zero-order valence-corrected chi connectivity index (χ0v) is 19.2. The minimum absolute atomic E-state index is 0. The van der Waals surface area contributed by atoms with E-state index in [0.717, 1.165) is 56.6 Å². The van der Waals surface area contributed by atoms with Crippen LogP contribution in [0.3, 0.4) is 0 Å². The maximum atomic E-state index is 11.5. The van der Waals surface area contributed by atoms with Gasteiger partial charge in [-0.1, -0.05) is 26.0 Å². The molecule has 1 fully saturated rings. The lowest BCUT2D eigenvalue weighted by atomic mass is 10.2. The topological polar surface area (TPSA) is 57.2 Å². The number of guanidine groups is 1. The van der Waals surface area contributed by atoms with Crippen molar-refractivity contribution in [1.82, 2.24) is 15.1 Å². The summed E-state index contributed by atoms with van der Waals surface area (Å²) in [7, 11) is 0. The number of carbonyl (C=O) groups is 1. The van der Waals surface area contributed by atoms with Gasteiger partial charge in [-0.2, -0.15) is 0 Å². The summed E-state index contributed by atoms with van der Waals surface area (Å²) in [5.41, 5.74) is 1.13. The van der Waals surface area contributed by atoms with Crippen molar-refractivity contribution >= 4 is 35.8 Å². The maximum absolute atomic E-state index is 11.5. The lowest BCUT2D eigenvalue weighted by Gasteiger charge is -2.36. The molecule has 1 N–H and O–H groups in total. The van der Waals surface area contributed by atoms with Gasteiger partial charge in [0.2, 0.25) is 5.91 Å². The van der Waals surface area contributed by atoms with Gasteiger partial charge in [-0.25, -0.2) is 4.99 Å². The number of amides is 1. The quantitative estimate of drug-likeness (QED) is 0.380. The first-order chi connectivity index (χ1) is 12.5. The number of nitrogens with one attached hydrogen (secondary N) is 1. The lowest BCUT2D eigenvalue weighted by Crippen LogP contribution is -2.53.